The van der Waals surface area contributed by atoms with E-state index >= 15 is 0 Å². The summed E-state index contributed by atoms with van der Waals surface area (Å²) in [5.74, 6) is -0.243. The summed E-state index contributed by atoms with van der Waals surface area (Å²) < 4.78 is 4.85. The van der Waals surface area contributed by atoms with E-state index in [1.54, 1.807) is 6.92 Å². The van der Waals surface area contributed by atoms with Crippen LogP contribution in [-0.2, 0) is 9.53 Å². The predicted octanol–water partition coefficient (Wildman–Crippen LogP) is 2.94. The minimum Gasteiger partial charge on any atom is -0.450 e. The van der Waals surface area contributed by atoms with Crippen LogP contribution < -0.4 is 10.6 Å². The zero-order valence-electron chi connectivity index (χ0n) is 14.0. The fraction of sp³-hybridized carbons (Fsp3) is 0.529. The van der Waals surface area contributed by atoms with E-state index in [4.69, 9.17) is 4.74 Å². The van der Waals surface area contributed by atoms with Gasteiger partial charge < -0.3 is 15.4 Å². The van der Waals surface area contributed by atoms with Gasteiger partial charge in [-0.2, -0.15) is 0 Å². The van der Waals surface area contributed by atoms with Gasteiger partial charge in [-0.1, -0.05) is 38.1 Å². The van der Waals surface area contributed by atoms with E-state index in [9.17, 15) is 9.59 Å². The zero-order valence-corrected chi connectivity index (χ0v) is 14.0. The number of carbonyl (C=O) groups excluding carboxylic acids is 2. The highest BCUT2D eigenvalue weighted by atomic mass is 16.5. The van der Waals surface area contributed by atoms with Crippen LogP contribution in [0.15, 0.2) is 24.3 Å². The van der Waals surface area contributed by atoms with Crippen molar-refractivity contribution in [3.8, 4) is 0 Å². The van der Waals surface area contributed by atoms with Crippen molar-refractivity contribution in [2.45, 2.75) is 46.7 Å². The van der Waals surface area contributed by atoms with E-state index in [0.717, 1.165) is 11.1 Å². The highest BCUT2D eigenvalue weighted by molar-refractivity contribution is 5.86. The third kappa shape index (κ3) is 5.06. The average Bonchev–Trinajstić information content (AvgIpc) is 2.44. The molecular weight excluding hydrogens is 280 g/mol. The molecule has 0 aliphatic heterocycles. The molecule has 0 heterocycles. The summed E-state index contributed by atoms with van der Waals surface area (Å²) in [5.41, 5.74) is 2.18. The van der Waals surface area contributed by atoms with Gasteiger partial charge in [-0.05, 0) is 37.8 Å². The number of aryl methyl sites for hydroxylation is 1. The lowest BCUT2D eigenvalue weighted by molar-refractivity contribution is -0.124. The lowest BCUT2D eigenvalue weighted by atomic mass is 10.00. The summed E-state index contributed by atoms with van der Waals surface area (Å²) in [6.45, 7) is 9.71. The summed E-state index contributed by atoms with van der Waals surface area (Å²) in [4.78, 5) is 24.0. The number of alkyl carbamates (subject to hydrolysis) is 1. The Morgan fingerprint density at radius 3 is 2.32 bits per heavy atom. The Bertz CT molecular complexity index is 514. The molecule has 0 radical (unpaired) electrons. The molecule has 0 saturated carbocycles. The van der Waals surface area contributed by atoms with Crippen LogP contribution in [0.3, 0.4) is 0 Å². The molecule has 0 aromatic heterocycles. The fourth-order valence-electron chi connectivity index (χ4n) is 2.29. The van der Waals surface area contributed by atoms with Crippen LogP contribution in [0.4, 0.5) is 4.79 Å². The van der Waals surface area contributed by atoms with Gasteiger partial charge in [-0.15, -0.1) is 0 Å². The minimum atomic E-state index is -0.620. The molecule has 0 bridgehead atoms. The molecule has 0 spiro atoms. The summed E-state index contributed by atoms with van der Waals surface area (Å²) in [5, 5.41) is 5.57. The van der Waals surface area contributed by atoms with Crippen LogP contribution in [0.2, 0.25) is 0 Å². The number of nitrogens with one attached hydrogen (secondary N) is 2. The molecule has 5 nitrogen and oxygen atoms in total. The molecule has 122 valence electrons. The molecule has 2 amide bonds. The molecule has 0 aliphatic rings. The second-order valence-electron chi connectivity index (χ2n) is 5.67. The fourth-order valence-corrected chi connectivity index (χ4v) is 2.29. The van der Waals surface area contributed by atoms with Crippen molar-refractivity contribution in [1.82, 2.24) is 10.6 Å². The average molecular weight is 306 g/mol. The molecule has 1 rings (SSSR count). The predicted molar refractivity (Wildman–Crippen MR) is 86.5 cm³/mol. The molecular formula is C17H26N2O3. The number of rotatable bonds is 6. The smallest absolute Gasteiger partial charge is 0.407 e. The SMILES string of the molecule is CCOC(=O)N[C@@H](C(=O)N[C@@H](C)c1ccccc1C)C(C)C. The number of carbonyl (C=O) groups is 2. The first-order valence-corrected chi connectivity index (χ1v) is 7.66. The van der Waals surface area contributed by atoms with Gasteiger partial charge in [-0.3, -0.25) is 4.79 Å². The molecule has 1 aromatic carbocycles. The normalized spacial score (nSPS) is 13.4. The van der Waals surface area contributed by atoms with Gasteiger partial charge in [0.2, 0.25) is 5.91 Å². The molecule has 22 heavy (non-hydrogen) atoms. The van der Waals surface area contributed by atoms with Crippen molar-refractivity contribution in [2.75, 3.05) is 6.61 Å². The van der Waals surface area contributed by atoms with Gasteiger partial charge in [-0.25, -0.2) is 4.79 Å². The summed E-state index contributed by atoms with van der Waals surface area (Å²) in [7, 11) is 0. The highest BCUT2D eigenvalue weighted by Gasteiger charge is 2.26. The van der Waals surface area contributed by atoms with E-state index in [0.29, 0.717) is 0 Å². The molecule has 0 unspecified atom stereocenters. The van der Waals surface area contributed by atoms with E-state index in [1.807, 2.05) is 52.0 Å². The van der Waals surface area contributed by atoms with Crippen LogP contribution in [0.1, 0.15) is 44.9 Å². The molecule has 1 aromatic rings. The van der Waals surface area contributed by atoms with Crippen molar-refractivity contribution in [3.63, 3.8) is 0 Å². The standard InChI is InChI=1S/C17H26N2O3/c1-6-22-17(21)19-15(11(2)3)16(20)18-13(5)14-10-8-7-9-12(14)4/h7-11,13,15H,6H2,1-5H3,(H,18,20)(H,19,21)/t13-,15+/m0/s1. The number of hydrogen-bond donors (Lipinski definition) is 2. The van der Waals surface area contributed by atoms with E-state index in [1.165, 1.54) is 0 Å². The first-order valence-electron chi connectivity index (χ1n) is 7.66. The molecule has 0 fully saturated rings. The van der Waals surface area contributed by atoms with Crippen molar-refractivity contribution >= 4 is 12.0 Å². The van der Waals surface area contributed by atoms with Gasteiger partial charge in [0.15, 0.2) is 0 Å². The lowest BCUT2D eigenvalue weighted by Crippen LogP contribution is -2.50. The van der Waals surface area contributed by atoms with Crippen LogP contribution >= 0.6 is 0 Å². The van der Waals surface area contributed by atoms with Crippen molar-refractivity contribution in [2.24, 2.45) is 5.92 Å². The third-order valence-electron chi connectivity index (χ3n) is 3.51. The monoisotopic (exact) mass is 306 g/mol. The lowest BCUT2D eigenvalue weighted by Gasteiger charge is -2.24. The number of amides is 2. The van der Waals surface area contributed by atoms with Gasteiger partial charge in [0.25, 0.3) is 0 Å². The van der Waals surface area contributed by atoms with Gasteiger partial charge in [0.05, 0.1) is 12.6 Å². The largest absolute Gasteiger partial charge is 0.450 e. The third-order valence-corrected chi connectivity index (χ3v) is 3.51. The van der Waals surface area contributed by atoms with Crippen molar-refractivity contribution in [3.05, 3.63) is 35.4 Å². The maximum absolute atomic E-state index is 12.4. The Balaban J connectivity index is 2.75. The highest BCUT2D eigenvalue weighted by Crippen LogP contribution is 2.17. The summed E-state index contributed by atoms with van der Waals surface area (Å²) in [6.07, 6.45) is -0.570. The van der Waals surface area contributed by atoms with Crippen LogP contribution in [0.25, 0.3) is 0 Å². The number of hydrogen-bond acceptors (Lipinski definition) is 3. The van der Waals surface area contributed by atoms with Crippen LogP contribution in [0.5, 0.6) is 0 Å². The quantitative estimate of drug-likeness (QED) is 0.849. The van der Waals surface area contributed by atoms with E-state index in [-0.39, 0.29) is 24.5 Å². The topological polar surface area (TPSA) is 67.4 Å². The van der Waals surface area contributed by atoms with Crippen LogP contribution in [-0.4, -0.2) is 24.6 Å². The maximum atomic E-state index is 12.4. The number of ether oxygens (including phenoxy) is 1. The van der Waals surface area contributed by atoms with E-state index in [2.05, 4.69) is 10.6 Å². The molecule has 0 aliphatic carbocycles. The molecule has 5 heteroatoms. The van der Waals surface area contributed by atoms with Gasteiger partial charge in [0.1, 0.15) is 6.04 Å². The van der Waals surface area contributed by atoms with Gasteiger partial charge in [0, 0.05) is 0 Å². The van der Waals surface area contributed by atoms with Crippen molar-refractivity contribution in [1.29, 1.82) is 0 Å². The Morgan fingerprint density at radius 1 is 1.14 bits per heavy atom. The maximum Gasteiger partial charge on any atom is 0.407 e. The second-order valence-corrected chi connectivity index (χ2v) is 5.67. The Kier molecular flexibility index (Phi) is 6.89. The summed E-state index contributed by atoms with van der Waals surface area (Å²) in [6, 6.07) is 7.16. The Morgan fingerprint density at radius 2 is 1.77 bits per heavy atom. The van der Waals surface area contributed by atoms with E-state index < -0.39 is 12.1 Å². The minimum absolute atomic E-state index is 0.0338. The number of benzene rings is 1. The molecule has 2 N–H and O–H groups in total. The Labute approximate surface area is 132 Å². The van der Waals surface area contributed by atoms with Gasteiger partial charge >= 0.3 is 6.09 Å². The molecule has 0 saturated heterocycles. The summed E-state index contributed by atoms with van der Waals surface area (Å²) >= 11 is 0. The first-order chi connectivity index (χ1) is 10.4. The second kappa shape index (κ2) is 8.41. The zero-order chi connectivity index (χ0) is 16.7. The molecule has 2 atom stereocenters. The Hall–Kier alpha value is -2.04. The van der Waals surface area contributed by atoms with Crippen molar-refractivity contribution < 1.29 is 14.3 Å². The first kappa shape index (κ1) is 18.0. The van der Waals surface area contributed by atoms with Crippen LogP contribution in [0, 0.1) is 12.8 Å².